The summed E-state index contributed by atoms with van der Waals surface area (Å²) in [6.45, 7) is 4.45. The van der Waals surface area contributed by atoms with Crippen LogP contribution in [0.2, 0.25) is 0 Å². The van der Waals surface area contributed by atoms with Crippen LogP contribution in [0.5, 0.6) is 0 Å². The lowest BCUT2D eigenvalue weighted by atomic mass is 10.1. The first-order valence-electron chi connectivity index (χ1n) is 22.0. The largest absolute Gasteiger partial charge is 0.544 e. The predicted molar refractivity (Wildman–Crippen MR) is 231 cm³/mol. The maximum Gasteiger partial charge on any atom is 0.306 e. The first kappa shape index (κ1) is 52.8. The molecule has 0 spiro atoms. The minimum atomic E-state index is -1.13. The molecule has 0 aliphatic rings. The highest BCUT2D eigenvalue weighted by molar-refractivity contribution is 5.70. The van der Waals surface area contributed by atoms with Gasteiger partial charge in [-0.1, -0.05) is 157 Å². The number of esters is 2. The molecule has 0 fully saturated rings. The number of carbonyl (C=O) groups is 3. The van der Waals surface area contributed by atoms with Crippen molar-refractivity contribution in [1.82, 2.24) is 0 Å². The molecule has 0 rings (SSSR count). The van der Waals surface area contributed by atoms with Gasteiger partial charge >= 0.3 is 11.9 Å². The first-order valence-corrected chi connectivity index (χ1v) is 22.0. The Hall–Kier alpha value is -3.23. The zero-order valence-corrected chi connectivity index (χ0v) is 36.3. The number of ether oxygens (including phenoxy) is 3. The fourth-order valence-corrected chi connectivity index (χ4v) is 6.03. The van der Waals surface area contributed by atoms with E-state index in [-0.39, 0.29) is 42.7 Å². The van der Waals surface area contributed by atoms with Gasteiger partial charge in [-0.25, -0.2) is 0 Å². The molecule has 8 heteroatoms. The second-order valence-corrected chi connectivity index (χ2v) is 15.7. The molecule has 0 N–H and O–H groups in total. The summed E-state index contributed by atoms with van der Waals surface area (Å²) in [6.07, 6.45) is 47.8. The molecule has 0 aliphatic heterocycles. The van der Waals surface area contributed by atoms with Crippen LogP contribution in [0.15, 0.2) is 72.9 Å². The third-order valence-corrected chi connectivity index (χ3v) is 9.45. The van der Waals surface area contributed by atoms with Gasteiger partial charge in [-0.15, -0.1) is 0 Å². The minimum Gasteiger partial charge on any atom is -0.544 e. The third kappa shape index (κ3) is 36.4. The highest BCUT2D eigenvalue weighted by Gasteiger charge is 2.25. The van der Waals surface area contributed by atoms with Crippen molar-refractivity contribution in [2.45, 2.75) is 174 Å². The summed E-state index contributed by atoms with van der Waals surface area (Å²) in [5.41, 5.74) is 0. The molecule has 0 amide bonds. The van der Waals surface area contributed by atoms with E-state index >= 15 is 0 Å². The second kappa shape index (κ2) is 38.6. The number of rotatable bonds is 38. The minimum absolute atomic E-state index is 0.0216. The number of carboxylic acids is 1. The molecule has 0 radical (unpaired) electrons. The molecule has 56 heavy (non-hydrogen) atoms. The van der Waals surface area contributed by atoms with Gasteiger partial charge in [0.1, 0.15) is 12.6 Å². The highest BCUT2D eigenvalue weighted by Crippen LogP contribution is 2.13. The van der Waals surface area contributed by atoms with Crippen molar-refractivity contribution in [3.8, 4) is 0 Å². The summed E-state index contributed by atoms with van der Waals surface area (Å²) in [6, 6.07) is -0.736. The van der Waals surface area contributed by atoms with E-state index in [0.29, 0.717) is 12.8 Å². The molecule has 0 heterocycles. The molecular formula is C48H81NO7. The van der Waals surface area contributed by atoms with Crippen molar-refractivity contribution >= 4 is 17.9 Å². The number of hydrogen-bond donors (Lipinski definition) is 0. The summed E-state index contributed by atoms with van der Waals surface area (Å²) < 4.78 is 17.1. The molecule has 0 bridgehead atoms. The Morgan fingerprint density at radius 2 is 1.02 bits per heavy atom. The van der Waals surface area contributed by atoms with E-state index in [4.69, 9.17) is 14.2 Å². The van der Waals surface area contributed by atoms with E-state index in [1.807, 2.05) is 48.6 Å². The van der Waals surface area contributed by atoms with Gasteiger partial charge in [0.2, 0.25) is 0 Å². The van der Waals surface area contributed by atoms with Gasteiger partial charge in [0.25, 0.3) is 0 Å². The average molecular weight is 784 g/mol. The Morgan fingerprint density at radius 1 is 0.554 bits per heavy atom. The molecule has 2 atom stereocenters. The maximum absolute atomic E-state index is 12.7. The fraction of sp³-hybridized carbons (Fsp3) is 0.688. The lowest BCUT2D eigenvalue weighted by Gasteiger charge is -2.34. The summed E-state index contributed by atoms with van der Waals surface area (Å²) in [7, 11) is 5.38. The van der Waals surface area contributed by atoms with Crippen LogP contribution >= 0.6 is 0 Å². The number of carboxylic acid groups (broad SMARTS) is 1. The van der Waals surface area contributed by atoms with Crippen LogP contribution in [0, 0.1) is 0 Å². The lowest BCUT2D eigenvalue weighted by molar-refractivity contribution is -0.889. The van der Waals surface area contributed by atoms with Gasteiger partial charge in [-0.3, -0.25) is 9.59 Å². The highest BCUT2D eigenvalue weighted by atomic mass is 16.6. The van der Waals surface area contributed by atoms with Gasteiger partial charge in [0, 0.05) is 19.3 Å². The van der Waals surface area contributed by atoms with Crippen LogP contribution in [0.3, 0.4) is 0 Å². The van der Waals surface area contributed by atoms with E-state index in [1.54, 1.807) is 21.1 Å². The number of allylic oxidation sites excluding steroid dienone is 12. The van der Waals surface area contributed by atoms with Crippen molar-refractivity contribution < 1.29 is 38.2 Å². The van der Waals surface area contributed by atoms with Gasteiger partial charge in [-0.05, 0) is 57.8 Å². The zero-order chi connectivity index (χ0) is 41.4. The molecule has 0 saturated carbocycles. The van der Waals surface area contributed by atoms with Crippen molar-refractivity contribution in [2.24, 2.45) is 0 Å². The molecule has 0 aliphatic carbocycles. The van der Waals surface area contributed by atoms with E-state index < -0.39 is 18.1 Å². The summed E-state index contributed by atoms with van der Waals surface area (Å²) in [5, 5.41) is 11.6. The standard InChI is InChI=1S/C48H81NO7/c1-6-8-10-12-14-16-18-20-22-23-25-27-29-31-33-35-37-39-47(51)56-44(42-54-41-40-45(48(52)53)49(3,4)5)43-55-46(50)38-36-34-32-30-28-26-24-21-19-17-15-13-11-9-7-2/h9,11,13,15,17,19-22,24,26,28,44-45H,6-8,10,12,14,16,18,23,25,27,29-43H2,1-5H3/b11-9+,15-13+,19-17+,22-20+,24-21+,28-26+. The van der Waals surface area contributed by atoms with E-state index in [9.17, 15) is 19.5 Å². The summed E-state index contributed by atoms with van der Waals surface area (Å²) in [4.78, 5) is 36.8. The summed E-state index contributed by atoms with van der Waals surface area (Å²) in [5.74, 6) is -1.80. The fourth-order valence-electron chi connectivity index (χ4n) is 6.03. The molecule has 320 valence electrons. The van der Waals surface area contributed by atoms with Gasteiger partial charge in [-0.2, -0.15) is 0 Å². The van der Waals surface area contributed by atoms with E-state index in [0.717, 1.165) is 51.4 Å². The molecule has 0 saturated heterocycles. The second-order valence-electron chi connectivity index (χ2n) is 15.7. The van der Waals surface area contributed by atoms with Crippen molar-refractivity contribution in [3.63, 3.8) is 0 Å². The number of quaternary nitrogens is 1. The molecule has 8 nitrogen and oxygen atoms in total. The quantitative estimate of drug-likeness (QED) is 0.0202. The van der Waals surface area contributed by atoms with Gasteiger partial charge in [0.05, 0.1) is 40.3 Å². The number of likely N-dealkylation sites (N-methyl/N-ethyl adjacent to an activating group) is 1. The molecular weight excluding hydrogens is 703 g/mol. The first-order chi connectivity index (χ1) is 27.1. The number of nitrogens with zero attached hydrogens (tertiary/aromatic N) is 1. The Kier molecular flexibility index (Phi) is 36.4. The van der Waals surface area contributed by atoms with Gasteiger partial charge < -0.3 is 28.6 Å². The maximum atomic E-state index is 12.7. The number of hydrogen-bond acceptors (Lipinski definition) is 7. The normalized spacial score (nSPS) is 13.7. The van der Waals surface area contributed by atoms with E-state index in [2.05, 4.69) is 38.2 Å². The Bertz CT molecular complexity index is 1140. The van der Waals surface area contributed by atoms with Crippen LogP contribution in [-0.2, 0) is 28.6 Å². The molecule has 0 aromatic heterocycles. The molecule has 0 aromatic carbocycles. The van der Waals surface area contributed by atoms with E-state index in [1.165, 1.54) is 77.0 Å². The van der Waals surface area contributed by atoms with Crippen LogP contribution in [0.1, 0.15) is 162 Å². The topological polar surface area (TPSA) is 102 Å². The van der Waals surface area contributed by atoms with Gasteiger partial charge in [0.15, 0.2) is 6.10 Å². The third-order valence-electron chi connectivity index (χ3n) is 9.45. The van der Waals surface area contributed by atoms with Crippen LogP contribution in [0.4, 0.5) is 0 Å². The van der Waals surface area contributed by atoms with Crippen LogP contribution in [0.25, 0.3) is 0 Å². The zero-order valence-electron chi connectivity index (χ0n) is 36.3. The average Bonchev–Trinajstić information content (AvgIpc) is 3.15. The monoisotopic (exact) mass is 784 g/mol. The number of unbranched alkanes of at least 4 members (excludes halogenated alkanes) is 16. The van der Waals surface area contributed by atoms with Crippen molar-refractivity contribution in [1.29, 1.82) is 0 Å². The predicted octanol–water partition coefficient (Wildman–Crippen LogP) is 10.6. The molecule has 0 aromatic rings. The SMILES string of the molecule is CC/C=C/C=C/C=C/C=C/C=C/CCCCCC(=O)OCC(COCCC(C(=O)[O-])[N+](C)(C)C)OC(=O)CCCCCCCCC/C=C/CCCCCCCC. The Labute approximate surface area is 342 Å². The van der Waals surface area contributed by atoms with Crippen LogP contribution < -0.4 is 5.11 Å². The molecule has 2 unspecified atom stereocenters. The van der Waals surface area contributed by atoms with Crippen molar-refractivity contribution in [2.75, 3.05) is 41.0 Å². The Morgan fingerprint density at radius 3 is 1.55 bits per heavy atom. The number of aliphatic carboxylic acids is 1. The Balaban J connectivity index is 4.43. The number of carbonyl (C=O) groups excluding carboxylic acids is 3. The lowest BCUT2D eigenvalue weighted by Crippen LogP contribution is -2.55. The van der Waals surface area contributed by atoms with Crippen molar-refractivity contribution in [3.05, 3.63) is 72.9 Å². The van der Waals surface area contributed by atoms with Crippen LogP contribution in [-0.4, -0.2) is 75.5 Å². The summed E-state index contributed by atoms with van der Waals surface area (Å²) >= 11 is 0. The smallest absolute Gasteiger partial charge is 0.306 e.